The highest BCUT2D eigenvalue weighted by Crippen LogP contribution is 2.34. The van der Waals surface area contributed by atoms with Crippen molar-refractivity contribution in [3.8, 4) is 5.75 Å². The number of aryl methyl sites for hydroxylation is 1. The second-order valence-corrected chi connectivity index (χ2v) is 8.39. The maximum absolute atomic E-state index is 13.4. The highest BCUT2D eigenvalue weighted by atomic mass is 19.3. The van der Waals surface area contributed by atoms with E-state index in [-0.39, 0.29) is 36.4 Å². The maximum atomic E-state index is 13.4. The molecule has 2 fully saturated rings. The number of fused-ring (bicyclic) bond motifs is 1. The third kappa shape index (κ3) is 3.76. The molecule has 158 valence electrons. The number of benzene rings is 1. The fourth-order valence-corrected chi connectivity index (χ4v) is 4.73. The minimum absolute atomic E-state index is 0.0641. The predicted octanol–water partition coefficient (Wildman–Crippen LogP) is 3.02. The molecule has 1 amide bonds. The van der Waals surface area contributed by atoms with Gasteiger partial charge in [0.05, 0.1) is 24.7 Å². The van der Waals surface area contributed by atoms with Crippen molar-refractivity contribution in [3.63, 3.8) is 0 Å². The Morgan fingerprint density at radius 3 is 2.55 bits per heavy atom. The van der Waals surface area contributed by atoms with Crippen LogP contribution in [0.15, 0.2) is 23.0 Å². The van der Waals surface area contributed by atoms with Crippen molar-refractivity contribution in [1.82, 2.24) is 14.0 Å². The number of methoxy groups -OCH3 is 1. The Balaban J connectivity index is 1.43. The van der Waals surface area contributed by atoms with E-state index in [4.69, 9.17) is 4.74 Å². The third-order valence-electron chi connectivity index (χ3n) is 6.47. The van der Waals surface area contributed by atoms with E-state index in [0.29, 0.717) is 25.1 Å². The van der Waals surface area contributed by atoms with Gasteiger partial charge in [0.25, 0.3) is 5.92 Å². The fraction of sp³-hybridized carbons (Fsp3) is 0.619. The van der Waals surface area contributed by atoms with Crippen LogP contribution in [0.3, 0.4) is 0 Å². The number of likely N-dealkylation sites (tertiary alicyclic amines) is 1. The van der Waals surface area contributed by atoms with Crippen LogP contribution in [-0.4, -0.2) is 46.1 Å². The van der Waals surface area contributed by atoms with E-state index in [1.165, 1.54) is 4.90 Å². The first-order valence-electron chi connectivity index (χ1n) is 10.2. The molecule has 0 atom stereocenters. The van der Waals surface area contributed by atoms with E-state index in [1.54, 1.807) is 23.3 Å². The lowest BCUT2D eigenvalue weighted by molar-refractivity contribution is -0.137. The Kier molecular flexibility index (Phi) is 5.12. The van der Waals surface area contributed by atoms with Crippen LogP contribution in [0.1, 0.15) is 32.1 Å². The Hall–Kier alpha value is -2.38. The number of nitrogens with zero attached hydrogens (tertiary/aromatic N) is 3. The predicted molar refractivity (Wildman–Crippen MR) is 105 cm³/mol. The monoisotopic (exact) mass is 407 g/mol. The van der Waals surface area contributed by atoms with Gasteiger partial charge in [0.2, 0.25) is 5.91 Å². The molecule has 0 bridgehead atoms. The fourth-order valence-electron chi connectivity index (χ4n) is 4.73. The number of halogens is 2. The highest BCUT2D eigenvalue weighted by Gasteiger charge is 2.42. The molecule has 1 aromatic carbocycles. The van der Waals surface area contributed by atoms with Gasteiger partial charge in [-0.2, -0.15) is 0 Å². The summed E-state index contributed by atoms with van der Waals surface area (Å²) in [6, 6.07) is 5.59. The zero-order valence-electron chi connectivity index (χ0n) is 16.9. The molecule has 6 nitrogen and oxygen atoms in total. The number of ether oxygens (including phenoxy) is 1. The van der Waals surface area contributed by atoms with Crippen LogP contribution >= 0.6 is 0 Å². The lowest BCUT2D eigenvalue weighted by Gasteiger charge is -2.30. The number of carbonyl (C=O) groups is 1. The number of hydrogen-bond acceptors (Lipinski definition) is 3. The molecule has 1 saturated heterocycles. The molecule has 0 radical (unpaired) electrons. The van der Waals surface area contributed by atoms with Gasteiger partial charge < -0.3 is 9.64 Å². The maximum Gasteiger partial charge on any atom is 0.328 e. The average Bonchev–Trinajstić information content (AvgIpc) is 3.20. The Bertz CT molecular complexity index is 973. The van der Waals surface area contributed by atoms with Gasteiger partial charge in [0, 0.05) is 38.5 Å². The zero-order chi connectivity index (χ0) is 20.8. The van der Waals surface area contributed by atoms with Crippen LogP contribution in [0.5, 0.6) is 5.75 Å². The summed E-state index contributed by atoms with van der Waals surface area (Å²) in [6.07, 6.45) is 2.77. The normalized spacial score (nSPS) is 24.2. The molecule has 1 aliphatic heterocycles. The van der Waals surface area contributed by atoms with Crippen molar-refractivity contribution >= 4 is 16.9 Å². The van der Waals surface area contributed by atoms with Crippen molar-refractivity contribution in [2.45, 2.75) is 44.6 Å². The number of carbonyl (C=O) groups excluding carboxylic acids is 1. The van der Waals surface area contributed by atoms with E-state index in [9.17, 15) is 18.4 Å². The van der Waals surface area contributed by atoms with E-state index >= 15 is 0 Å². The molecule has 2 aliphatic rings. The van der Waals surface area contributed by atoms with E-state index in [2.05, 4.69) is 0 Å². The van der Waals surface area contributed by atoms with Crippen molar-refractivity contribution in [2.75, 3.05) is 20.2 Å². The zero-order valence-corrected chi connectivity index (χ0v) is 16.9. The molecule has 0 N–H and O–H groups in total. The standard InChI is InChI=1S/C21H27F2N3O3/c1-24-17-8-7-16(29-2)11-18(17)26(20(24)28)12-14-3-5-15(6-4-14)19(27)25-10-9-21(22,23)13-25/h7-8,11,14-15H,3-6,9-10,12-13H2,1-2H3. The molecule has 4 rings (SSSR count). The van der Waals surface area contributed by atoms with Gasteiger partial charge >= 0.3 is 5.69 Å². The molecule has 2 heterocycles. The first-order valence-corrected chi connectivity index (χ1v) is 10.2. The number of imidazole rings is 1. The lowest BCUT2D eigenvalue weighted by atomic mass is 9.81. The average molecular weight is 407 g/mol. The number of aromatic nitrogens is 2. The van der Waals surface area contributed by atoms with Crippen LogP contribution in [0.25, 0.3) is 11.0 Å². The minimum Gasteiger partial charge on any atom is -0.497 e. The molecule has 29 heavy (non-hydrogen) atoms. The Morgan fingerprint density at radius 2 is 1.93 bits per heavy atom. The number of hydrogen-bond donors (Lipinski definition) is 0. The first kappa shape index (κ1) is 19.9. The van der Waals surface area contributed by atoms with Gasteiger partial charge in [-0.25, -0.2) is 13.6 Å². The van der Waals surface area contributed by atoms with Crippen LogP contribution in [0, 0.1) is 11.8 Å². The molecule has 2 aromatic rings. The van der Waals surface area contributed by atoms with Crippen LogP contribution in [0.4, 0.5) is 8.78 Å². The SMILES string of the molecule is COc1ccc2c(c1)n(CC1CCC(C(=O)N3CCC(F)(F)C3)CC1)c(=O)n2C. The van der Waals surface area contributed by atoms with Gasteiger partial charge in [-0.05, 0) is 43.7 Å². The lowest BCUT2D eigenvalue weighted by Crippen LogP contribution is -2.38. The van der Waals surface area contributed by atoms with E-state index in [1.807, 2.05) is 18.2 Å². The molecule has 1 saturated carbocycles. The number of amides is 1. The second kappa shape index (κ2) is 7.46. The second-order valence-electron chi connectivity index (χ2n) is 8.39. The summed E-state index contributed by atoms with van der Waals surface area (Å²) in [5.74, 6) is -2.07. The summed E-state index contributed by atoms with van der Waals surface area (Å²) in [4.78, 5) is 26.6. The largest absolute Gasteiger partial charge is 0.497 e. The van der Waals surface area contributed by atoms with Crippen LogP contribution < -0.4 is 10.4 Å². The summed E-state index contributed by atoms with van der Waals surface area (Å²) in [6.45, 7) is 0.296. The summed E-state index contributed by atoms with van der Waals surface area (Å²) < 4.78 is 35.5. The first-order chi connectivity index (χ1) is 13.8. The topological polar surface area (TPSA) is 56.5 Å². The summed E-state index contributed by atoms with van der Waals surface area (Å²) in [5.41, 5.74) is 1.63. The smallest absolute Gasteiger partial charge is 0.328 e. The molecule has 8 heteroatoms. The third-order valence-corrected chi connectivity index (χ3v) is 6.47. The van der Waals surface area contributed by atoms with Gasteiger partial charge in [-0.15, -0.1) is 0 Å². The van der Waals surface area contributed by atoms with Gasteiger partial charge in [-0.1, -0.05) is 0 Å². The molecule has 1 aliphatic carbocycles. The van der Waals surface area contributed by atoms with Crippen LogP contribution in [0.2, 0.25) is 0 Å². The minimum atomic E-state index is -2.75. The highest BCUT2D eigenvalue weighted by molar-refractivity contribution is 5.79. The number of rotatable bonds is 4. The Labute approximate surface area is 168 Å². The Morgan fingerprint density at radius 1 is 1.21 bits per heavy atom. The molecule has 0 spiro atoms. The summed E-state index contributed by atoms with van der Waals surface area (Å²) >= 11 is 0. The van der Waals surface area contributed by atoms with Gasteiger partial charge in [0.15, 0.2) is 0 Å². The van der Waals surface area contributed by atoms with Crippen molar-refractivity contribution in [2.24, 2.45) is 18.9 Å². The van der Waals surface area contributed by atoms with Crippen molar-refractivity contribution in [3.05, 3.63) is 28.7 Å². The van der Waals surface area contributed by atoms with E-state index < -0.39 is 12.5 Å². The van der Waals surface area contributed by atoms with Crippen molar-refractivity contribution < 1.29 is 18.3 Å². The molecular formula is C21H27F2N3O3. The molecule has 0 unspecified atom stereocenters. The number of alkyl halides is 2. The van der Waals surface area contributed by atoms with E-state index in [0.717, 1.165) is 23.9 Å². The quantitative estimate of drug-likeness (QED) is 0.783. The summed E-state index contributed by atoms with van der Waals surface area (Å²) in [7, 11) is 3.36. The van der Waals surface area contributed by atoms with Gasteiger partial charge in [0.1, 0.15) is 5.75 Å². The van der Waals surface area contributed by atoms with Crippen LogP contribution in [-0.2, 0) is 18.4 Å². The summed E-state index contributed by atoms with van der Waals surface area (Å²) in [5, 5.41) is 0. The molecule has 1 aromatic heterocycles. The molecular weight excluding hydrogens is 380 g/mol. The van der Waals surface area contributed by atoms with Gasteiger partial charge in [-0.3, -0.25) is 13.9 Å². The van der Waals surface area contributed by atoms with Crippen molar-refractivity contribution in [1.29, 1.82) is 0 Å².